The van der Waals surface area contributed by atoms with E-state index in [1.807, 2.05) is 23.6 Å². The van der Waals surface area contributed by atoms with Crippen LogP contribution in [0.3, 0.4) is 0 Å². The fraction of sp³-hybridized carbons (Fsp3) is 0.269. The Bertz CT molecular complexity index is 1460. The molecule has 12 heteroatoms. The third kappa shape index (κ3) is 5.75. The molecule has 198 valence electrons. The Hall–Kier alpha value is -4.45. The minimum atomic E-state index is -0.417. The maximum atomic E-state index is 12.9. The van der Waals surface area contributed by atoms with Crippen LogP contribution in [0.25, 0.3) is 10.1 Å². The molecule has 2 N–H and O–H groups in total. The quantitative estimate of drug-likeness (QED) is 0.282. The van der Waals surface area contributed by atoms with E-state index in [9.17, 15) is 9.59 Å². The third-order valence-corrected chi connectivity index (χ3v) is 6.65. The first-order chi connectivity index (χ1) is 18.5. The van der Waals surface area contributed by atoms with Crippen LogP contribution in [0.4, 0.5) is 0 Å². The fourth-order valence-corrected chi connectivity index (χ4v) is 4.74. The van der Waals surface area contributed by atoms with Gasteiger partial charge in [0.05, 0.1) is 45.7 Å². The molecule has 11 nitrogen and oxygen atoms in total. The molecule has 2 aromatic heterocycles. The summed E-state index contributed by atoms with van der Waals surface area (Å²) in [6.07, 6.45) is 3.20. The van der Waals surface area contributed by atoms with Crippen LogP contribution in [0.15, 0.2) is 53.0 Å². The number of rotatable bonds is 11. The second kappa shape index (κ2) is 12.2. The molecular formula is C26H28N6O5S. The van der Waals surface area contributed by atoms with Gasteiger partial charge in [-0.2, -0.15) is 0 Å². The Labute approximate surface area is 223 Å². The van der Waals surface area contributed by atoms with Gasteiger partial charge in [-0.3, -0.25) is 14.6 Å². The number of aromatic nitrogens is 3. The van der Waals surface area contributed by atoms with Crippen LogP contribution >= 0.6 is 11.3 Å². The number of nitrogens with zero attached hydrogens (tertiary/aromatic N) is 4. The normalized spacial score (nSPS) is 11.9. The number of fused-ring (bicyclic) bond motifs is 1. The average Bonchev–Trinajstić information content (AvgIpc) is 3.61. The van der Waals surface area contributed by atoms with Gasteiger partial charge in [0.2, 0.25) is 5.75 Å². The van der Waals surface area contributed by atoms with Gasteiger partial charge in [0.15, 0.2) is 17.2 Å². The highest BCUT2D eigenvalue weighted by Crippen LogP contribution is 2.39. The largest absolute Gasteiger partial charge is 0.493 e. The first-order valence-corrected chi connectivity index (χ1v) is 12.5. The number of carbonyl (C=O) groups excluding carboxylic acids is 2. The molecule has 0 aliphatic heterocycles. The van der Waals surface area contributed by atoms with E-state index < -0.39 is 6.04 Å². The molecule has 4 aromatic rings. The summed E-state index contributed by atoms with van der Waals surface area (Å²) < 4.78 is 18.6. The van der Waals surface area contributed by atoms with Crippen LogP contribution in [0.5, 0.6) is 17.2 Å². The summed E-state index contributed by atoms with van der Waals surface area (Å²) in [5.74, 6) is 0.314. The molecule has 0 aliphatic carbocycles. The van der Waals surface area contributed by atoms with Gasteiger partial charge in [-0.1, -0.05) is 17.3 Å². The van der Waals surface area contributed by atoms with Gasteiger partial charge in [0.1, 0.15) is 0 Å². The molecule has 1 unspecified atom stereocenters. The number of nitrogens with one attached hydrogen (secondary N) is 2. The maximum Gasteiger partial charge on any atom is 0.274 e. The van der Waals surface area contributed by atoms with E-state index in [-0.39, 0.29) is 29.8 Å². The first kappa shape index (κ1) is 26.6. The summed E-state index contributed by atoms with van der Waals surface area (Å²) in [5.41, 5.74) is 1.37. The maximum absolute atomic E-state index is 12.9. The average molecular weight is 537 g/mol. The molecule has 2 amide bonds. The molecule has 4 rings (SSSR count). The summed E-state index contributed by atoms with van der Waals surface area (Å²) in [4.78, 5) is 29.8. The lowest BCUT2D eigenvalue weighted by molar-refractivity contribution is 0.0935. The van der Waals surface area contributed by atoms with Crippen molar-refractivity contribution in [2.45, 2.75) is 12.6 Å². The van der Waals surface area contributed by atoms with E-state index in [1.165, 1.54) is 32.2 Å². The molecule has 0 bridgehead atoms. The van der Waals surface area contributed by atoms with Gasteiger partial charge in [-0.15, -0.1) is 16.4 Å². The van der Waals surface area contributed by atoms with Crippen LogP contribution in [0.1, 0.15) is 32.5 Å². The molecule has 2 heterocycles. The Kier molecular flexibility index (Phi) is 8.54. The molecule has 0 aliphatic rings. The number of carbonyl (C=O) groups is 2. The van der Waals surface area contributed by atoms with Crippen molar-refractivity contribution in [3.05, 3.63) is 64.8 Å². The Morgan fingerprint density at radius 3 is 2.63 bits per heavy atom. The van der Waals surface area contributed by atoms with Crippen LogP contribution in [-0.2, 0) is 6.54 Å². The standard InChI is InChI=1S/C26H28N6O5S/c1-27-14-19(17-6-5-16-9-12-38-22(16)13-17)29-26(34)20-15-32(31-30-20)11-10-28-25(33)18-7-8-21(35-2)24(37-4)23(18)36-3/h5-9,12-15,19H,10-11H2,1-4H3,(H,28,33)(H,29,34). The summed E-state index contributed by atoms with van der Waals surface area (Å²) in [5, 5.41) is 16.9. The Morgan fingerprint density at radius 1 is 1.08 bits per heavy atom. The van der Waals surface area contributed by atoms with Crippen LogP contribution < -0.4 is 24.8 Å². The van der Waals surface area contributed by atoms with Gasteiger partial charge in [0.25, 0.3) is 11.8 Å². The van der Waals surface area contributed by atoms with Crippen molar-refractivity contribution in [1.29, 1.82) is 0 Å². The highest BCUT2D eigenvalue weighted by Gasteiger charge is 2.21. The van der Waals surface area contributed by atoms with E-state index >= 15 is 0 Å². The summed E-state index contributed by atoms with van der Waals surface area (Å²) in [7, 11) is 6.09. The lowest BCUT2D eigenvalue weighted by atomic mass is 10.1. The summed E-state index contributed by atoms with van der Waals surface area (Å²) in [6, 6.07) is 10.9. The zero-order valence-electron chi connectivity index (χ0n) is 21.4. The molecule has 1 atom stereocenters. The Balaban J connectivity index is 1.37. The Morgan fingerprint density at radius 2 is 1.89 bits per heavy atom. The molecule has 0 radical (unpaired) electrons. The zero-order chi connectivity index (χ0) is 27.1. The molecule has 2 aromatic carbocycles. The molecule has 0 spiro atoms. The predicted octanol–water partition coefficient (Wildman–Crippen LogP) is 3.12. The summed E-state index contributed by atoms with van der Waals surface area (Å²) in [6.45, 7) is 0.545. The third-order valence-electron chi connectivity index (χ3n) is 5.77. The molecular weight excluding hydrogens is 508 g/mol. The molecule has 38 heavy (non-hydrogen) atoms. The predicted molar refractivity (Wildman–Crippen MR) is 145 cm³/mol. The van der Waals surface area contributed by atoms with Crippen LogP contribution in [-0.4, -0.2) is 67.9 Å². The number of ether oxygens (including phenoxy) is 3. The number of aliphatic imine (C=N–C) groups is 1. The topological polar surface area (TPSA) is 129 Å². The van der Waals surface area contributed by atoms with E-state index in [0.29, 0.717) is 23.6 Å². The smallest absolute Gasteiger partial charge is 0.274 e. The molecule has 0 saturated carbocycles. The van der Waals surface area contributed by atoms with Crippen molar-refractivity contribution in [3.8, 4) is 17.2 Å². The van der Waals surface area contributed by atoms with E-state index in [1.54, 1.807) is 36.7 Å². The van der Waals surface area contributed by atoms with Crippen molar-refractivity contribution in [2.24, 2.45) is 4.99 Å². The van der Waals surface area contributed by atoms with Crippen molar-refractivity contribution in [3.63, 3.8) is 0 Å². The van der Waals surface area contributed by atoms with Crippen molar-refractivity contribution in [1.82, 2.24) is 25.6 Å². The molecule has 0 saturated heterocycles. The highest BCUT2D eigenvalue weighted by molar-refractivity contribution is 7.17. The van der Waals surface area contributed by atoms with Gasteiger partial charge in [0, 0.05) is 24.5 Å². The number of benzene rings is 2. The van der Waals surface area contributed by atoms with Crippen molar-refractivity contribution < 1.29 is 23.8 Å². The number of amides is 2. The van der Waals surface area contributed by atoms with Gasteiger partial charge in [-0.25, -0.2) is 4.68 Å². The molecule has 0 fully saturated rings. The fourth-order valence-electron chi connectivity index (χ4n) is 3.91. The van der Waals surface area contributed by atoms with Crippen LogP contribution in [0.2, 0.25) is 0 Å². The lowest BCUT2D eigenvalue weighted by Gasteiger charge is -2.15. The van der Waals surface area contributed by atoms with E-state index in [0.717, 1.165) is 15.6 Å². The first-order valence-electron chi connectivity index (χ1n) is 11.7. The number of hydrogen-bond donors (Lipinski definition) is 2. The number of thiophene rings is 1. The van der Waals surface area contributed by atoms with Gasteiger partial charge < -0.3 is 24.8 Å². The van der Waals surface area contributed by atoms with Gasteiger partial charge in [-0.05, 0) is 40.6 Å². The van der Waals surface area contributed by atoms with Crippen molar-refractivity contribution in [2.75, 3.05) is 34.9 Å². The SMILES string of the molecule is CN=CC(NC(=O)c1cn(CCNC(=O)c2ccc(OC)c(OC)c2OC)nn1)c1ccc2ccsc2c1. The second-order valence-corrected chi connectivity index (χ2v) is 9.03. The second-order valence-electron chi connectivity index (χ2n) is 8.08. The van der Waals surface area contributed by atoms with Crippen LogP contribution in [0, 0.1) is 0 Å². The van der Waals surface area contributed by atoms with Crippen molar-refractivity contribution >= 4 is 39.5 Å². The lowest BCUT2D eigenvalue weighted by Crippen LogP contribution is -2.30. The van der Waals surface area contributed by atoms with E-state index in [4.69, 9.17) is 14.2 Å². The monoisotopic (exact) mass is 536 g/mol. The highest BCUT2D eigenvalue weighted by atomic mass is 32.1. The zero-order valence-corrected chi connectivity index (χ0v) is 22.2. The minimum Gasteiger partial charge on any atom is -0.493 e. The van der Waals surface area contributed by atoms with E-state index in [2.05, 4.69) is 32.0 Å². The number of methoxy groups -OCH3 is 3. The van der Waals surface area contributed by atoms with Gasteiger partial charge >= 0.3 is 0 Å². The minimum absolute atomic E-state index is 0.157. The number of hydrogen-bond acceptors (Lipinski definition) is 9. The summed E-state index contributed by atoms with van der Waals surface area (Å²) >= 11 is 1.64.